The highest BCUT2D eigenvalue weighted by molar-refractivity contribution is 5.49. The summed E-state index contributed by atoms with van der Waals surface area (Å²) in [5, 5.41) is 2.93. The van der Waals surface area contributed by atoms with Gasteiger partial charge in [-0.2, -0.15) is 0 Å². The van der Waals surface area contributed by atoms with Crippen LogP contribution in [0.1, 0.15) is 18.1 Å². The first-order chi connectivity index (χ1) is 5.29. The molecule has 1 aromatic rings. The van der Waals surface area contributed by atoms with Crippen molar-refractivity contribution in [1.82, 2.24) is 0 Å². The van der Waals surface area contributed by atoms with Crippen LogP contribution in [0, 0.1) is 11.8 Å². The van der Waals surface area contributed by atoms with Gasteiger partial charge in [-0.3, -0.25) is 0 Å². The summed E-state index contributed by atoms with van der Waals surface area (Å²) in [5.41, 5.74) is 2.76. The van der Waals surface area contributed by atoms with E-state index in [-0.39, 0.29) is 0 Å². The van der Waals surface area contributed by atoms with Gasteiger partial charge >= 0.3 is 0 Å². The van der Waals surface area contributed by atoms with Gasteiger partial charge in [0.2, 0.25) is 0 Å². The minimum Gasteiger partial charge on any atom is -0.145 e. The van der Waals surface area contributed by atoms with E-state index < -0.39 is 0 Å². The van der Waals surface area contributed by atoms with E-state index in [1.54, 1.807) is 6.07 Å². The summed E-state index contributed by atoms with van der Waals surface area (Å²) in [5.74, 6) is 0. The summed E-state index contributed by atoms with van der Waals surface area (Å²) in [6.07, 6.45) is 0.954. The highest BCUT2D eigenvalue weighted by Crippen LogP contribution is 2.21. The molecule has 0 N–H and O–H groups in total. The van der Waals surface area contributed by atoms with Gasteiger partial charge in [0, 0.05) is 0 Å². The highest BCUT2D eigenvalue weighted by atomic mass is 16.3. The predicted octanol–water partition coefficient (Wildman–Crippen LogP) is 2.96. The van der Waals surface area contributed by atoms with Crippen LogP contribution in [0.3, 0.4) is 0 Å². The molecule has 0 amide bonds. The third-order valence-electron chi connectivity index (χ3n) is 1.90. The lowest BCUT2D eigenvalue weighted by Crippen LogP contribution is -1.84. The fourth-order valence-electron chi connectivity index (χ4n) is 1.15. The van der Waals surface area contributed by atoms with Crippen LogP contribution in [-0.4, -0.2) is 0 Å². The number of nitrogens with zero attached hydrogens (tertiary/aromatic N) is 1. The fraction of sp³-hybridized carbons (Fsp3) is 0.333. The summed E-state index contributed by atoms with van der Waals surface area (Å²) in [7, 11) is 0. The van der Waals surface area contributed by atoms with Crippen LogP contribution in [-0.2, 0) is 6.42 Å². The van der Waals surface area contributed by atoms with Gasteiger partial charge in [0.25, 0.3) is 0 Å². The molecule has 0 saturated carbocycles. The van der Waals surface area contributed by atoms with Crippen molar-refractivity contribution in [3.63, 3.8) is 0 Å². The second-order valence-corrected chi connectivity index (χ2v) is 2.51. The Labute approximate surface area is 66.2 Å². The van der Waals surface area contributed by atoms with E-state index in [0.29, 0.717) is 5.69 Å². The molecular formula is C9H11NO. The Balaban J connectivity index is 3.20. The molecular weight excluding hydrogens is 138 g/mol. The molecule has 0 bridgehead atoms. The molecule has 0 unspecified atom stereocenters. The Morgan fingerprint density at radius 3 is 2.73 bits per heavy atom. The van der Waals surface area contributed by atoms with Gasteiger partial charge in [-0.15, -0.1) is 4.91 Å². The van der Waals surface area contributed by atoms with Gasteiger partial charge in [0.05, 0.1) is 0 Å². The minimum atomic E-state index is 0.560. The van der Waals surface area contributed by atoms with E-state index in [1.807, 2.05) is 19.1 Å². The van der Waals surface area contributed by atoms with Crippen LogP contribution < -0.4 is 0 Å². The van der Waals surface area contributed by atoms with Crippen molar-refractivity contribution in [2.24, 2.45) is 5.18 Å². The quantitative estimate of drug-likeness (QED) is 0.594. The normalized spacial score (nSPS) is 9.64. The third-order valence-corrected chi connectivity index (χ3v) is 1.90. The van der Waals surface area contributed by atoms with E-state index in [4.69, 9.17) is 0 Å². The highest BCUT2D eigenvalue weighted by Gasteiger charge is 2.00. The monoisotopic (exact) mass is 149 g/mol. The van der Waals surface area contributed by atoms with E-state index in [1.165, 1.54) is 5.56 Å². The predicted molar refractivity (Wildman–Crippen MR) is 46.0 cm³/mol. The van der Waals surface area contributed by atoms with Crippen molar-refractivity contribution in [3.05, 3.63) is 34.2 Å². The maximum Gasteiger partial charge on any atom is 0.111 e. The molecule has 0 aliphatic heterocycles. The van der Waals surface area contributed by atoms with E-state index >= 15 is 0 Å². The maximum atomic E-state index is 10.2. The van der Waals surface area contributed by atoms with Gasteiger partial charge < -0.3 is 0 Å². The zero-order valence-corrected chi connectivity index (χ0v) is 6.79. The lowest BCUT2D eigenvalue weighted by Gasteiger charge is -2.02. The zero-order chi connectivity index (χ0) is 8.27. The molecule has 0 aliphatic carbocycles. The second kappa shape index (κ2) is 3.28. The van der Waals surface area contributed by atoms with E-state index in [2.05, 4.69) is 12.1 Å². The first kappa shape index (κ1) is 7.92. The van der Waals surface area contributed by atoms with Crippen LogP contribution in [0.5, 0.6) is 0 Å². The topological polar surface area (TPSA) is 29.4 Å². The van der Waals surface area contributed by atoms with Crippen molar-refractivity contribution in [1.29, 1.82) is 0 Å². The molecule has 0 aromatic heterocycles. The Kier molecular flexibility index (Phi) is 2.36. The van der Waals surface area contributed by atoms with Gasteiger partial charge in [0.1, 0.15) is 5.69 Å². The number of hydrogen-bond donors (Lipinski definition) is 0. The Hall–Kier alpha value is -1.18. The standard InChI is InChI=1S/C9H11NO/c1-3-8-5-4-6-9(10-11)7(8)2/h4-6H,3H2,1-2H3. The molecule has 0 spiro atoms. The second-order valence-electron chi connectivity index (χ2n) is 2.51. The van der Waals surface area contributed by atoms with Crippen molar-refractivity contribution in [2.75, 3.05) is 0 Å². The summed E-state index contributed by atoms with van der Waals surface area (Å²) in [6, 6.07) is 5.62. The van der Waals surface area contributed by atoms with Crippen LogP contribution in [0.25, 0.3) is 0 Å². The lowest BCUT2D eigenvalue weighted by molar-refractivity contribution is 1.11. The van der Waals surface area contributed by atoms with Crippen LogP contribution in [0.4, 0.5) is 5.69 Å². The molecule has 1 rings (SSSR count). The number of aryl methyl sites for hydroxylation is 1. The average Bonchev–Trinajstić information content (AvgIpc) is 2.05. The first-order valence-corrected chi connectivity index (χ1v) is 3.71. The van der Waals surface area contributed by atoms with Crippen molar-refractivity contribution in [3.8, 4) is 0 Å². The molecule has 11 heavy (non-hydrogen) atoms. The van der Waals surface area contributed by atoms with Gasteiger partial charge in [-0.25, -0.2) is 0 Å². The third kappa shape index (κ3) is 1.45. The van der Waals surface area contributed by atoms with Crippen LogP contribution in [0.2, 0.25) is 0 Å². The Morgan fingerprint density at radius 1 is 1.45 bits per heavy atom. The van der Waals surface area contributed by atoms with Crippen molar-refractivity contribution >= 4 is 5.69 Å². The fourth-order valence-corrected chi connectivity index (χ4v) is 1.15. The molecule has 1 aromatic carbocycles. The number of rotatable bonds is 2. The van der Waals surface area contributed by atoms with Gasteiger partial charge in [-0.05, 0) is 35.7 Å². The maximum absolute atomic E-state index is 10.2. The number of nitroso groups, excluding NO2 is 1. The average molecular weight is 149 g/mol. The number of benzene rings is 1. The summed E-state index contributed by atoms with van der Waals surface area (Å²) >= 11 is 0. The summed E-state index contributed by atoms with van der Waals surface area (Å²) in [4.78, 5) is 10.2. The Morgan fingerprint density at radius 2 is 2.18 bits per heavy atom. The minimum absolute atomic E-state index is 0.560. The lowest BCUT2D eigenvalue weighted by atomic mass is 10.1. The van der Waals surface area contributed by atoms with E-state index in [0.717, 1.165) is 12.0 Å². The molecule has 0 aliphatic rings. The van der Waals surface area contributed by atoms with Gasteiger partial charge in [0.15, 0.2) is 0 Å². The van der Waals surface area contributed by atoms with Crippen molar-refractivity contribution < 1.29 is 0 Å². The number of hydrogen-bond acceptors (Lipinski definition) is 2. The molecule has 0 heterocycles. The van der Waals surface area contributed by atoms with Crippen LogP contribution >= 0.6 is 0 Å². The Bertz CT molecular complexity index is 268. The largest absolute Gasteiger partial charge is 0.145 e. The first-order valence-electron chi connectivity index (χ1n) is 3.71. The molecule has 58 valence electrons. The smallest absolute Gasteiger partial charge is 0.111 e. The molecule has 2 nitrogen and oxygen atoms in total. The van der Waals surface area contributed by atoms with E-state index in [9.17, 15) is 4.91 Å². The molecule has 0 saturated heterocycles. The zero-order valence-electron chi connectivity index (χ0n) is 6.79. The van der Waals surface area contributed by atoms with Gasteiger partial charge in [-0.1, -0.05) is 19.1 Å². The van der Waals surface area contributed by atoms with Crippen LogP contribution in [0.15, 0.2) is 23.4 Å². The molecule has 0 fully saturated rings. The molecule has 2 heteroatoms. The molecule has 0 radical (unpaired) electrons. The SMILES string of the molecule is CCc1cccc(N=O)c1C. The van der Waals surface area contributed by atoms with Crippen molar-refractivity contribution in [2.45, 2.75) is 20.3 Å². The molecule has 0 atom stereocenters. The summed E-state index contributed by atoms with van der Waals surface area (Å²) in [6.45, 7) is 3.99. The summed E-state index contributed by atoms with van der Waals surface area (Å²) < 4.78 is 0.